The first-order valence-corrected chi connectivity index (χ1v) is 5.22. The predicted octanol–water partition coefficient (Wildman–Crippen LogP) is 2.29. The van der Waals surface area contributed by atoms with Crippen molar-refractivity contribution in [2.24, 2.45) is 7.05 Å². The van der Waals surface area contributed by atoms with Crippen molar-refractivity contribution in [2.45, 2.75) is 0 Å². The highest BCUT2D eigenvalue weighted by atomic mass is 19.1. The number of rotatable bonds is 1. The van der Waals surface area contributed by atoms with Crippen molar-refractivity contribution in [3.05, 3.63) is 36.1 Å². The van der Waals surface area contributed by atoms with Gasteiger partial charge < -0.3 is 10.3 Å². The lowest BCUT2D eigenvalue weighted by Crippen LogP contribution is -1.93. The van der Waals surface area contributed by atoms with Crippen LogP contribution in [0.5, 0.6) is 0 Å². The van der Waals surface area contributed by atoms with Crippen molar-refractivity contribution in [2.75, 3.05) is 5.73 Å². The molecule has 0 aliphatic carbocycles. The molecule has 0 amide bonds. The van der Waals surface area contributed by atoms with Gasteiger partial charge in [0.15, 0.2) is 0 Å². The smallest absolute Gasteiger partial charge is 0.147 e. The summed E-state index contributed by atoms with van der Waals surface area (Å²) in [5.41, 5.74) is 7.78. The normalized spacial score (nSPS) is 11.2. The van der Waals surface area contributed by atoms with Gasteiger partial charge in [0.05, 0.1) is 16.9 Å². The highest BCUT2D eigenvalue weighted by molar-refractivity contribution is 5.87. The Morgan fingerprint density at radius 2 is 2.18 bits per heavy atom. The molecule has 0 aliphatic rings. The SMILES string of the molecule is Cn1c(-c2cc(N)n[nH]2)cc2cccc(F)c21. The van der Waals surface area contributed by atoms with Crippen molar-refractivity contribution in [1.29, 1.82) is 0 Å². The number of halogens is 1. The maximum Gasteiger partial charge on any atom is 0.147 e. The molecule has 17 heavy (non-hydrogen) atoms. The number of nitrogen functional groups attached to an aromatic ring is 1. The number of aromatic amines is 1. The first-order valence-electron chi connectivity index (χ1n) is 5.22. The first-order chi connectivity index (χ1) is 8.16. The van der Waals surface area contributed by atoms with Crippen LogP contribution < -0.4 is 5.73 Å². The lowest BCUT2D eigenvalue weighted by Gasteiger charge is -2.01. The molecule has 5 heteroatoms. The van der Waals surface area contributed by atoms with Crippen LogP contribution in [0.25, 0.3) is 22.3 Å². The predicted molar refractivity (Wildman–Crippen MR) is 64.9 cm³/mol. The van der Waals surface area contributed by atoms with Crippen molar-refractivity contribution in [3.63, 3.8) is 0 Å². The van der Waals surface area contributed by atoms with E-state index in [2.05, 4.69) is 10.2 Å². The van der Waals surface area contributed by atoms with E-state index in [0.29, 0.717) is 11.3 Å². The monoisotopic (exact) mass is 230 g/mol. The molecule has 0 bridgehead atoms. The number of nitrogens with zero attached hydrogens (tertiary/aromatic N) is 2. The highest BCUT2D eigenvalue weighted by Crippen LogP contribution is 2.28. The summed E-state index contributed by atoms with van der Waals surface area (Å²) in [6, 6.07) is 8.66. The van der Waals surface area contributed by atoms with Crippen LogP contribution in [0.2, 0.25) is 0 Å². The minimum Gasteiger partial charge on any atom is -0.382 e. The van der Waals surface area contributed by atoms with Gasteiger partial charge >= 0.3 is 0 Å². The largest absolute Gasteiger partial charge is 0.382 e. The number of aryl methyl sites for hydroxylation is 1. The summed E-state index contributed by atoms with van der Waals surface area (Å²) in [6.45, 7) is 0. The van der Waals surface area contributed by atoms with Crippen molar-refractivity contribution < 1.29 is 4.39 Å². The topological polar surface area (TPSA) is 59.6 Å². The average Bonchev–Trinajstić information content (AvgIpc) is 2.84. The zero-order valence-electron chi connectivity index (χ0n) is 9.24. The summed E-state index contributed by atoms with van der Waals surface area (Å²) < 4.78 is 15.5. The van der Waals surface area contributed by atoms with Gasteiger partial charge in [-0.3, -0.25) is 5.10 Å². The summed E-state index contributed by atoms with van der Waals surface area (Å²) in [6.07, 6.45) is 0. The molecule has 0 saturated carbocycles. The number of hydrogen-bond acceptors (Lipinski definition) is 2. The number of hydrogen-bond donors (Lipinski definition) is 2. The molecule has 86 valence electrons. The zero-order chi connectivity index (χ0) is 12.0. The fourth-order valence-corrected chi connectivity index (χ4v) is 2.09. The number of benzene rings is 1. The van der Waals surface area contributed by atoms with Crippen LogP contribution in [0, 0.1) is 5.82 Å². The maximum absolute atomic E-state index is 13.7. The number of nitrogens with two attached hydrogens (primary N) is 1. The molecule has 3 rings (SSSR count). The fourth-order valence-electron chi connectivity index (χ4n) is 2.09. The van der Waals surface area contributed by atoms with Gasteiger partial charge in [0.1, 0.15) is 11.6 Å². The summed E-state index contributed by atoms with van der Waals surface area (Å²) in [4.78, 5) is 0. The van der Waals surface area contributed by atoms with E-state index in [-0.39, 0.29) is 5.82 Å². The Morgan fingerprint density at radius 3 is 2.82 bits per heavy atom. The molecule has 0 spiro atoms. The van der Waals surface area contributed by atoms with Gasteiger partial charge in [-0.05, 0) is 12.1 Å². The fraction of sp³-hybridized carbons (Fsp3) is 0.0833. The van der Waals surface area contributed by atoms with Crippen LogP contribution in [0.1, 0.15) is 0 Å². The van der Waals surface area contributed by atoms with Gasteiger partial charge in [-0.25, -0.2) is 4.39 Å². The van der Waals surface area contributed by atoms with Gasteiger partial charge in [-0.1, -0.05) is 12.1 Å². The van der Waals surface area contributed by atoms with Gasteiger partial charge in [-0.15, -0.1) is 0 Å². The van der Waals surface area contributed by atoms with E-state index in [4.69, 9.17) is 5.73 Å². The number of aromatic nitrogens is 3. The summed E-state index contributed by atoms with van der Waals surface area (Å²) in [5.74, 6) is 0.189. The second kappa shape index (κ2) is 3.35. The molecule has 4 nitrogen and oxygen atoms in total. The number of para-hydroxylation sites is 1. The molecule has 3 N–H and O–H groups in total. The first kappa shape index (κ1) is 9.89. The zero-order valence-corrected chi connectivity index (χ0v) is 9.24. The standard InChI is InChI=1S/C12H11FN4/c1-17-10(9-6-11(14)16-15-9)5-7-3-2-4-8(13)12(7)17/h2-6H,1H3,(H3,14,15,16). The third-order valence-corrected chi connectivity index (χ3v) is 2.88. The Bertz CT molecular complexity index is 696. The minimum absolute atomic E-state index is 0.233. The Hall–Kier alpha value is -2.30. The maximum atomic E-state index is 13.7. The summed E-state index contributed by atoms with van der Waals surface area (Å²) >= 11 is 0. The molecule has 0 atom stereocenters. The molecule has 0 saturated heterocycles. The lowest BCUT2D eigenvalue weighted by molar-refractivity contribution is 0.632. The van der Waals surface area contributed by atoms with Gasteiger partial charge in [0, 0.05) is 18.5 Å². The minimum atomic E-state index is -0.233. The van der Waals surface area contributed by atoms with Gasteiger partial charge in [0.25, 0.3) is 0 Å². The molecule has 2 heterocycles. The Morgan fingerprint density at radius 1 is 1.35 bits per heavy atom. The molecule has 0 aliphatic heterocycles. The number of fused-ring (bicyclic) bond motifs is 1. The average molecular weight is 230 g/mol. The van der Waals surface area contributed by atoms with Crippen LogP contribution in [-0.2, 0) is 7.05 Å². The third kappa shape index (κ3) is 1.39. The van der Waals surface area contributed by atoms with E-state index in [1.54, 1.807) is 16.7 Å². The molecule has 3 aromatic rings. The van der Waals surface area contributed by atoms with Crippen LogP contribution in [0.3, 0.4) is 0 Å². The van der Waals surface area contributed by atoms with Crippen LogP contribution in [0.4, 0.5) is 10.2 Å². The second-order valence-corrected chi connectivity index (χ2v) is 3.97. The van der Waals surface area contributed by atoms with Crippen molar-refractivity contribution in [1.82, 2.24) is 14.8 Å². The van der Waals surface area contributed by atoms with E-state index in [1.807, 2.05) is 19.2 Å². The van der Waals surface area contributed by atoms with E-state index < -0.39 is 0 Å². The summed E-state index contributed by atoms with van der Waals surface area (Å²) in [7, 11) is 1.82. The molecule has 1 aromatic carbocycles. The molecular formula is C12H11FN4. The van der Waals surface area contributed by atoms with E-state index in [1.165, 1.54) is 6.07 Å². The molecular weight excluding hydrogens is 219 g/mol. The number of anilines is 1. The Labute approximate surface area is 96.9 Å². The van der Waals surface area contributed by atoms with E-state index in [9.17, 15) is 4.39 Å². The van der Waals surface area contributed by atoms with Crippen LogP contribution >= 0.6 is 0 Å². The molecule has 0 unspecified atom stereocenters. The van der Waals surface area contributed by atoms with Crippen molar-refractivity contribution >= 4 is 16.7 Å². The van der Waals surface area contributed by atoms with Gasteiger partial charge in [-0.2, -0.15) is 5.10 Å². The molecule has 0 radical (unpaired) electrons. The molecule has 0 fully saturated rings. The van der Waals surface area contributed by atoms with E-state index >= 15 is 0 Å². The number of H-pyrrole nitrogens is 1. The second-order valence-electron chi connectivity index (χ2n) is 3.97. The van der Waals surface area contributed by atoms with Gasteiger partial charge in [0.2, 0.25) is 0 Å². The quantitative estimate of drug-likeness (QED) is 0.673. The van der Waals surface area contributed by atoms with Crippen molar-refractivity contribution in [3.8, 4) is 11.4 Å². The Balaban J connectivity index is 2.32. The molecule has 2 aromatic heterocycles. The lowest BCUT2D eigenvalue weighted by atomic mass is 10.2. The highest BCUT2D eigenvalue weighted by Gasteiger charge is 2.12. The van der Waals surface area contributed by atoms with E-state index in [0.717, 1.165) is 16.8 Å². The summed E-state index contributed by atoms with van der Waals surface area (Å²) in [5, 5.41) is 7.55. The Kier molecular flexibility index (Phi) is 1.95. The third-order valence-electron chi connectivity index (χ3n) is 2.88. The number of nitrogens with one attached hydrogen (secondary N) is 1. The van der Waals surface area contributed by atoms with Crippen LogP contribution in [-0.4, -0.2) is 14.8 Å². The van der Waals surface area contributed by atoms with Crippen LogP contribution in [0.15, 0.2) is 30.3 Å².